The van der Waals surface area contributed by atoms with Gasteiger partial charge in [-0.05, 0) is 31.0 Å². The van der Waals surface area contributed by atoms with E-state index in [0.29, 0.717) is 12.8 Å². The number of hydrogen-bond donors (Lipinski definition) is 2. The van der Waals surface area contributed by atoms with Crippen molar-refractivity contribution in [1.82, 2.24) is 5.32 Å². The number of hydrogen-bond acceptors (Lipinski definition) is 2. The Morgan fingerprint density at radius 1 is 1.14 bits per heavy atom. The standard InChI is InChI=1S/C16H19F2NO3/c17-12-5-6-13(18)11(9-12)10-14(20)19-16(15(21)22)7-3-1-2-4-8-16/h5-6,9H,1-4,7-8,10H2,(H,19,20)(H,21,22). The molecule has 1 aliphatic rings. The first kappa shape index (κ1) is 16.4. The lowest BCUT2D eigenvalue weighted by atomic mass is 9.90. The summed E-state index contributed by atoms with van der Waals surface area (Å²) in [4.78, 5) is 23.7. The minimum atomic E-state index is -1.29. The zero-order valence-electron chi connectivity index (χ0n) is 12.2. The second kappa shape index (κ2) is 6.85. The van der Waals surface area contributed by atoms with Gasteiger partial charge in [0.25, 0.3) is 0 Å². The minimum Gasteiger partial charge on any atom is -0.480 e. The Labute approximate surface area is 127 Å². The topological polar surface area (TPSA) is 66.4 Å². The van der Waals surface area contributed by atoms with E-state index in [1.54, 1.807) is 0 Å². The van der Waals surface area contributed by atoms with E-state index in [1.165, 1.54) is 0 Å². The van der Waals surface area contributed by atoms with Gasteiger partial charge >= 0.3 is 5.97 Å². The van der Waals surface area contributed by atoms with Crippen LogP contribution in [0.25, 0.3) is 0 Å². The summed E-state index contributed by atoms with van der Waals surface area (Å²) in [6.45, 7) is 0. The maximum Gasteiger partial charge on any atom is 0.329 e. The van der Waals surface area contributed by atoms with Crippen LogP contribution in [-0.4, -0.2) is 22.5 Å². The van der Waals surface area contributed by atoms with Crippen LogP contribution in [0.15, 0.2) is 18.2 Å². The summed E-state index contributed by atoms with van der Waals surface area (Å²) >= 11 is 0. The number of carboxylic acid groups (broad SMARTS) is 1. The van der Waals surface area contributed by atoms with Crippen LogP contribution in [0.2, 0.25) is 0 Å². The maximum absolute atomic E-state index is 13.6. The van der Waals surface area contributed by atoms with Crippen molar-refractivity contribution in [2.24, 2.45) is 0 Å². The minimum absolute atomic E-state index is 0.0772. The Bertz CT molecular complexity index is 567. The third-order valence-electron chi connectivity index (χ3n) is 4.10. The zero-order chi connectivity index (χ0) is 16.2. The molecule has 0 unspecified atom stereocenters. The molecule has 1 fully saturated rings. The summed E-state index contributed by atoms with van der Waals surface area (Å²) in [7, 11) is 0. The summed E-state index contributed by atoms with van der Waals surface area (Å²) in [6, 6.07) is 2.88. The third kappa shape index (κ3) is 3.81. The fraction of sp³-hybridized carbons (Fsp3) is 0.500. The quantitative estimate of drug-likeness (QED) is 0.840. The molecule has 1 aliphatic carbocycles. The van der Waals surface area contributed by atoms with Crippen LogP contribution in [0.3, 0.4) is 0 Å². The van der Waals surface area contributed by atoms with E-state index >= 15 is 0 Å². The maximum atomic E-state index is 13.6. The molecule has 1 amide bonds. The molecule has 1 aromatic rings. The predicted molar refractivity (Wildman–Crippen MR) is 76.3 cm³/mol. The van der Waals surface area contributed by atoms with Crippen LogP contribution in [-0.2, 0) is 16.0 Å². The number of aliphatic carboxylic acids is 1. The molecule has 0 atom stereocenters. The van der Waals surface area contributed by atoms with Crippen molar-refractivity contribution in [1.29, 1.82) is 0 Å². The lowest BCUT2D eigenvalue weighted by Crippen LogP contribution is -2.54. The average Bonchev–Trinajstić information content (AvgIpc) is 2.69. The summed E-state index contributed by atoms with van der Waals surface area (Å²) in [6.07, 6.45) is 3.66. The lowest BCUT2D eigenvalue weighted by molar-refractivity contribution is -0.148. The fourth-order valence-electron chi connectivity index (χ4n) is 2.89. The molecule has 1 saturated carbocycles. The molecule has 1 aromatic carbocycles. The molecule has 0 aromatic heterocycles. The first-order valence-corrected chi connectivity index (χ1v) is 7.41. The third-order valence-corrected chi connectivity index (χ3v) is 4.10. The molecule has 120 valence electrons. The van der Waals surface area contributed by atoms with Crippen molar-refractivity contribution in [3.8, 4) is 0 Å². The van der Waals surface area contributed by atoms with Gasteiger partial charge in [0.05, 0.1) is 6.42 Å². The van der Waals surface area contributed by atoms with E-state index in [1.807, 2.05) is 0 Å². The van der Waals surface area contributed by atoms with E-state index in [4.69, 9.17) is 0 Å². The van der Waals surface area contributed by atoms with Crippen LogP contribution in [0.1, 0.15) is 44.1 Å². The Morgan fingerprint density at radius 2 is 1.77 bits per heavy atom. The molecule has 0 aliphatic heterocycles. The van der Waals surface area contributed by atoms with Crippen LogP contribution < -0.4 is 5.32 Å². The van der Waals surface area contributed by atoms with Gasteiger partial charge in [-0.15, -0.1) is 0 Å². The van der Waals surface area contributed by atoms with Gasteiger partial charge in [-0.1, -0.05) is 25.7 Å². The largest absolute Gasteiger partial charge is 0.480 e. The SMILES string of the molecule is O=C(Cc1cc(F)ccc1F)NC1(C(=O)O)CCCCCC1. The van der Waals surface area contributed by atoms with Crippen LogP contribution in [0.4, 0.5) is 8.78 Å². The highest BCUT2D eigenvalue weighted by Crippen LogP contribution is 2.27. The molecule has 4 nitrogen and oxygen atoms in total. The molecule has 2 rings (SSSR count). The number of carbonyl (C=O) groups is 2. The molecule has 6 heteroatoms. The van der Waals surface area contributed by atoms with Crippen LogP contribution in [0.5, 0.6) is 0 Å². The van der Waals surface area contributed by atoms with Crippen molar-refractivity contribution in [2.45, 2.75) is 50.5 Å². The second-order valence-corrected chi connectivity index (χ2v) is 5.76. The highest BCUT2D eigenvalue weighted by Gasteiger charge is 2.39. The molecule has 0 heterocycles. The highest BCUT2D eigenvalue weighted by molar-refractivity contribution is 5.88. The number of rotatable bonds is 4. The van der Waals surface area contributed by atoms with Crippen LogP contribution >= 0.6 is 0 Å². The van der Waals surface area contributed by atoms with E-state index in [0.717, 1.165) is 43.9 Å². The molecule has 0 spiro atoms. The molecule has 0 saturated heterocycles. The van der Waals surface area contributed by atoms with Crippen molar-refractivity contribution < 1.29 is 23.5 Å². The molecular weight excluding hydrogens is 292 g/mol. The van der Waals surface area contributed by atoms with Crippen molar-refractivity contribution in [2.75, 3.05) is 0 Å². The zero-order valence-corrected chi connectivity index (χ0v) is 12.2. The number of benzene rings is 1. The first-order chi connectivity index (χ1) is 10.4. The molecule has 0 radical (unpaired) electrons. The Kier molecular flexibility index (Phi) is 5.11. The predicted octanol–water partition coefficient (Wildman–Crippen LogP) is 2.80. The molecule has 2 N–H and O–H groups in total. The van der Waals surface area contributed by atoms with E-state index < -0.39 is 29.0 Å². The number of amides is 1. The van der Waals surface area contributed by atoms with Gasteiger partial charge in [0.2, 0.25) is 5.91 Å². The number of halogens is 2. The Balaban J connectivity index is 2.11. The Hall–Kier alpha value is -1.98. The molecule has 0 bridgehead atoms. The molecular formula is C16H19F2NO3. The summed E-state index contributed by atoms with van der Waals surface area (Å²) < 4.78 is 26.7. The normalized spacial score (nSPS) is 17.5. The van der Waals surface area contributed by atoms with Crippen molar-refractivity contribution >= 4 is 11.9 Å². The summed E-state index contributed by atoms with van der Waals surface area (Å²) in [5, 5.41) is 12.0. The van der Waals surface area contributed by atoms with Crippen LogP contribution in [0, 0.1) is 11.6 Å². The van der Waals surface area contributed by atoms with Gasteiger partial charge in [0, 0.05) is 5.56 Å². The fourth-order valence-corrected chi connectivity index (χ4v) is 2.89. The smallest absolute Gasteiger partial charge is 0.329 e. The lowest BCUT2D eigenvalue weighted by Gasteiger charge is -2.29. The van der Waals surface area contributed by atoms with Gasteiger partial charge in [-0.2, -0.15) is 0 Å². The summed E-state index contributed by atoms with van der Waals surface area (Å²) in [5.41, 5.74) is -1.37. The second-order valence-electron chi connectivity index (χ2n) is 5.76. The van der Waals surface area contributed by atoms with E-state index in [-0.39, 0.29) is 12.0 Å². The average molecular weight is 311 g/mol. The van der Waals surface area contributed by atoms with Crippen molar-refractivity contribution in [3.63, 3.8) is 0 Å². The van der Waals surface area contributed by atoms with Gasteiger partial charge in [-0.25, -0.2) is 13.6 Å². The summed E-state index contributed by atoms with van der Waals surface area (Å²) in [5.74, 6) is -2.98. The number of carbonyl (C=O) groups excluding carboxylic acids is 1. The van der Waals surface area contributed by atoms with Gasteiger partial charge < -0.3 is 10.4 Å². The Morgan fingerprint density at radius 3 is 2.36 bits per heavy atom. The number of carboxylic acids is 1. The van der Waals surface area contributed by atoms with E-state index in [9.17, 15) is 23.5 Å². The highest BCUT2D eigenvalue weighted by atomic mass is 19.1. The first-order valence-electron chi connectivity index (χ1n) is 7.41. The van der Waals surface area contributed by atoms with Gasteiger partial charge in [0.15, 0.2) is 0 Å². The number of nitrogens with one attached hydrogen (secondary N) is 1. The van der Waals surface area contributed by atoms with Gasteiger partial charge in [0.1, 0.15) is 17.2 Å². The monoisotopic (exact) mass is 311 g/mol. The van der Waals surface area contributed by atoms with E-state index in [2.05, 4.69) is 5.32 Å². The molecule has 22 heavy (non-hydrogen) atoms. The van der Waals surface area contributed by atoms with Crippen molar-refractivity contribution in [3.05, 3.63) is 35.4 Å². The van der Waals surface area contributed by atoms with Gasteiger partial charge in [-0.3, -0.25) is 4.79 Å².